The first-order valence-corrected chi connectivity index (χ1v) is 5.42. The number of hydrogen-bond donors (Lipinski definition) is 1. The summed E-state index contributed by atoms with van der Waals surface area (Å²) in [5.41, 5.74) is 6.44. The quantitative estimate of drug-likeness (QED) is 0.687. The lowest BCUT2D eigenvalue weighted by atomic mass is 10.2. The maximum absolute atomic E-state index is 10.5. The average Bonchev–Trinajstić information content (AvgIpc) is 2.77. The molecule has 7 heteroatoms. The summed E-state index contributed by atoms with van der Waals surface area (Å²) in [4.78, 5) is 15.2. The lowest BCUT2D eigenvalue weighted by Crippen LogP contribution is -1.91. The van der Waals surface area contributed by atoms with Gasteiger partial charge >= 0.3 is 0 Å². The Kier molecular flexibility index (Phi) is 4.56. The van der Waals surface area contributed by atoms with Crippen molar-refractivity contribution in [2.45, 2.75) is 6.54 Å². The number of nitrogens with two attached hydrogens (primary N) is 1. The molecule has 2 aromatic rings. The summed E-state index contributed by atoms with van der Waals surface area (Å²) in [6.07, 6.45) is 1.72. The zero-order chi connectivity index (χ0) is 11.5. The Labute approximate surface area is 108 Å². The van der Waals surface area contributed by atoms with Crippen LogP contribution in [0.2, 0.25) is 0 Å². The van der Waals surface area contributed by atoms with Crippen molar-refractivity contribution < 1.29 is 4.92 Å². The second kappa shape index (κ2) is 5.72. The maximum Gasteiger partial charge on any atom is 0.269 e. The molecule has 2 N–H and O–H groups in total. The predicted molar refractivity (Wildman–Crippen MR) is 69.3 cm³/mol. The van der Waals surface area contributed by atoms with Crippen LogP contribution in [-0.4, -0.2) is 9.91 Å². The maximum atomic E-state index is 10.5. The molecule has 0 aliphatic heterocycles. The van der Waals surface area contributed by atoms with Gasteiger partial charge in [0.2, 0.25) is 0 Å². The molecule has 2 rings (SSSR count). The summed E-state index contributed by atoms with van der Waals surface area (Å²) >= 11 is 1.49. The first-order chi connectivity index (χ1) is 7.70. The van der Waals surface area contributed by atoms with Crippen LogP contribution in [0.25, 0.3) is 10.6 Å². The molecule has 0 spiro atoms. The molecule has 0 radical (unpaired) electrons. The van der Waals surface area contributed by atoms with Crippen LogP contribution in [0, 0.1) is 10.1 Å². The topological polar surface area (TPSA) is 82.0 Å². The van der Waals surface area contributed by atoms with Crippen molar-refractivity contribution in [3.8, 4) is 10.6 Å². The minimum absolute atomic E-state index is 0. The third-order valence-corrected chi connectivity index (χ3v) is 3.15. The van der Waals surface area contributed by atoms with Crippen LogP contribution in [0.1, 0.15) is 4.88 Å². The van der Waals surface area contributed by atoms with E-state index in [2.05, 4.69) is 4.98 Å². The number of benzene rings is 1. The number of nitro groups is 1. The Hall–Kier alpha value is -1.50. The highest BCUT2D eigenvalue weighted by atomic mass is 35.5. The third-order valence-electron chi connectivity index (χ3n) is 2.08. The second-order valence-corrected chi connectivity index (χ2v) is 4.26. The van der Waals surface area contributed by atoms with Crippen LogP contribution in [0.15, 0.2) is 30.5 Å². The highest BCUT2D eigenvalue weighted by molar-refractivity contribution is 7.15. The van der Waals surface area contributed by atoms with Crippen LogP contribution < -0.4 is 5.73 Å². The van der Waals surface area contributed by atoms with Gasteiger partial charge in [0.25, 0.3) is 5.69 Å². The summed E-state index contributed by atoms with van der Waals surface area (Å²) in [6.45, 7) is 0.463. The molecule has 0 fully saturated rings. The Bertz CT molecular complexity index is 513. The minimum atomic E-state index is -0.420. The minimum Gasteiger partial charge on any atom is -0.326 e. The van der Waals surface area contributed by atoms with E-state index in [0.29, 0.717) is 6.54 Å². The normalized spacial score (nSPS) is 9.71. The van der Waals surface area contributed by atoms with Gasteiger partial charge < -0.3 is 5.73 Å². The lowest BCUT2D eigenvalue weighted by molar-refractivity contribution is -0.384. The molecule has 0 amide bonds. The van der Waals surface area contributed by atoms with Crippen molar-refractivity contribution in [2.75, 3.05) is 0 Å². The van der Waals surface area contributed by atoms with Crippen LogP contribution in [0.5, 0.6) is 0 Å². The van der Waals surface area contributed by atoms with E-state index in [1.54, 1.807) is 18.3 Å². The third kappa shape index (κ3) is 3.00. The van der Waals surface area contributed by atoms with Gasteiger partial charge in [0, 0.05) is 35.3 Å². The van der Waals surface area contributed by atoms with Gasteiger partial charge in [0.05, 0.1) is 4.92 Å². The fourth-order valence-electron chi connectivity index (χ4n) is 1.26. The van der Waals surface area contributed by atoms with Gasteiger partial charge in [-0.3, -0.25) is 10.1 Å². The number of non-ortho nitro benzene ring substituents is 1. The predicted octanol–water partition coefficient (Wildman–Crippen LogP) is 2.60. The van der Waals surface area contributed by atoms with Crippen LogP contribution in [0.3, 0.4) is 0 Å². The number of rotatable bonds is 3. The molecule has 1 aromatic heterocycles. The summed E-state index contributed by atoms with van der Waals surface area (Å²) in [7, 11) is 0. The number of aromatic nitrogens is 1. The van der Waals surface area contributed by atoms with Crippen LogP contribution >= 0.6 is 23.7 Å². The van der Waals surface area contributed by atoms with Gasteiger partial charge in [0.15, 0.2) is 0 Å². The molecule has 0 saturated heterocycles. The van der Waals surface area contributed by atoms with Crippen molar-refractivity contribution in [1.82, 2.24) is 4.98 Å². The van der Waals surface area contributed by atoms with Crippen LogP contribution in [-0.2, 0) is 6.54 Å². The Morgan fingerprint density at radius 1 is 1.35 bits per heavy atom. The zero-order valence-corrected chi connectivity index (χ0v) is 10.3. The number of thiazole rings is 1. The van der Waals surface area contributed by atoms with Gasteiger partial charge in [-0.15, -0.1) is 23.7 Å². The van der Waals surface area contributed by atoms with E-state index in [0.717, 1.165) is 15.4 Å². The molecule has 0 unspecified atom stereocenters. The lowest BCUT2D eigenvalue weighted by Gasteiger charge is -1.95. The number of nitrogens with zero attached hydrogens (tertiary/aromatic N) is 2. The molecule has 0 aliphatic carbocycles. The molecule has 0 aliphatic rings. The molecule has 0 bridgehead atoms. The number of hydrogen-bond acceptors (Lipinski definition) is 5. The Morgan fingerprint density at radius 3 is 2.47 bits per heavy atom. The largest absolute Gasteiger partial charge is 0.326 e. The highest BCUT2D eigenvalue weighted by Crippen LogP contribution is 2.26. The summed E-state index contributed by atoms with van der Waals surface area (Å²) in [5.74, 6) is 0. The molecule has 17 heavy (non-hydrogen) atoms. The van der Waals surface area contributed by atoms with Crippen molar-refractivity contribution in [3.63, 3.8) is 0 Å². The van der Waals surface area contributed by atoms with E-state index in [1.807, 2.05) is 0 Å². The van der Waals surface area contributed by atoms with Crippen molar-refractivity contribution in [1.29, 1.82) is 0 Å². The number of halogens is 1. The summed E-state index contributed by atoms with van der Waals surface area (Å²) in [6, 6.07) is 6.33. The molecule has 5 nitrogen and oxygen atoms in total. The highest BCUT2D eigenvalue weighted by Gasteiger charge is 2.07. The smallest absolute Gasteiger partial charge is 0.269 e. The van der Waals surface area contributed by atoms with E-state index in [-0.39, 0.29) is 18.1 Å². The zero-order valence-electron chi connectivity index (χ0n) is 8.70. The molecular formula is C10H10ClN3O2S. The number of nitro benzene ring substituents is 1. The van der Waals surface area contributed by atoms with Crippen molar-refractivity contribution >= 4 is 29.4 Å². The van der Waals surface area contributed by atoms with Gasteiger partial charge in [0.1, 0.15) is 5.01 Å². The summed E-state index contributed by atoms with van der Waals surface area (Å²) in [5, 5.41) is 11.3. The van der Waals surface area contributed by atoms with E-state index < -0.39 is 4.92 Å². The van der Waals surface area contributed by atoms with Gasteiger partial charge in [-0.2, -0.15) is 0 Å². The fraction of sp³-hybridized carbons (Fsp3) is 0.100. The van der Waals surface area contributed by atoms with Crippen molar-refractivity contribution in [2.24, 2.45) is 5.73 Å². The SMILES string of the molecule is Cl.NCc1cnc(-c2ccc([N+](=O)[O-])cc2)s1. The molecule has 90 valence electrons. The first kappa shape index (κ1) is 13.6. The molecular weight excluding hydrogens is 262 g/mol. The van der Waals surface area contributed by atoms with Gasteiger partial charge in [-0.25, -0.2) is 4.98 Å². The van der Waals surface area contributed by atoms with Gasteiger partial charge in [-0.05, 0) is 12.1 Å². The Morgan fingerprint density at radius 2 is 2.00 bits per heavy atom. The fourth-order valence-corrected chi connectivity index (χ4v) is 2.06. The Balaban J connectivity index is 0.00000144. The molecule has 1 heterocycles. The molecule has 0 saturated carbocycles. The summed E-state index contributed by atoms with van der Waals surface area (Å²) < 4.78 is 0. The first-order valence-electron chi connectivity index (χ1n) is 4.60. The standard InChI is InChI=1S/C10H9N3O2S.ClH/c11-5-9-6-12-10(16-9)7-1-3-8(4-2-7)13(14)15;/h1-4,6H,5,11H2;1H. The monoisotopic (exact) mass is 271 g/mol. The average molecular weight is 272 g/mol. The van der Waals surface area contributed by atoms with E-state index >= 15 is 0 Å². The molecule has 1 aromatic carbocycles. The van der Waals surface area contributed by atoms with E-state index in [9.17, 15) is 10.1 Å². The van der Waals surface area contributed by atoms with Crippen molar-refractivity contribution in [3.05, 3.63) is 45.5 Å². The van der Waals surface area contributed by atoms with E-state index in [1.165, 1.54) is 23.5 Å². The van der Waals surface area contributed by atoms with E-state index in [4.69, 9.17) is 5.73 Å². The second-order valence-electron chi connectivity index (χ2n) is 3.14. The van der Waals surface area contributed by atoms with Crippen LogP contribution in [0.4, 0.5) is 5.69 Å². The van der Waals surface area contributed by atoms with Gasteiger partial charge in [-0.1, -0.05) is 0 Å². The molecule has 0 atom stereocenters.